The number of nitrogens with zero attached hydrogens (tertiary/aromatic N) is 1. The maximum atomic E-state index is 5.56. The first kappa shape index (κ1) is 13.0. The second-order valence-electron chi connectivity index (χ2n) is 4.91. The Morgan fingerprint density at radius 3 is 3.24 bits per heavy atom. The molecule has 0 aliphatic carbocycles. The molecule has 96 valence electrons. The fourth-order valence-electron chi connectivity index (χ4n) is 2.17. The Morgan fingerprint density at radius 2 is 2.53 bits per heavy atom. The summed E-state index contributed by atoms with van der Waals surface area (Å²) in [5.41, 5.74) is 1.07. The van der Waals surface area contributed by atoms with Crippen LogP contribution in [0.15, 0.2) is 10.7 Å². The van der Waals surface area contributed by atoms with Gasteiger partial charge < -0.3 is 9.73 Å². The fraction of sp³-hybridized carbons (Fsp3) is 0.769. The lowest BCUT2D eigenvalue weighted by molar-refractivity contribution is 0.426. The van der Waals surface area contributed by atoms with Crippen molar-refractivity contribution in [2.45, 2.75) is 38.6 Å². The van der Waals surface area contributed by atoms with Crippen LogP contribution in [-0.2, 0) is 12.8 Å². The molecule has 1 N–H and O–H groups in total. The Labute approximate surface area is 108 Å². The van der Waals surface area contributed by atoms with E-state index in [1.165, 1.54) is 24.3 Å². The minimum atomic E-state index is 0.457. The van der Waals surface area contributed by atoms with Gasteiger partial charge in [-0.1, -0.05) is 0 Å². The number of rotatable bonds is 5. The summed E-state index contributed by atoms with van der Waals surface area (Å²) >= 11 is 2.06. The molecule has 2 atom stereocenters. The summed E-state index contributed by atoms with van der Waals surface area (Å²) in [7, 11) is 1.98. The van der Waals surface area contributed by atoms with Crippen molar-refractivity contribution in [2.24, 2.45) is 5.92 Å². The van der Waals surface area contributed by atoms with Gasteiger partial charge in [-0.3, -0.25) is 0 Å². The summed E-state index contributed by atoms with van der Waals surface area (Å²) in [5, 5.41) is 3.22. The highest BCUT2D eigenvalue weighted by Crippen LogP contribution is 2.25. The van der Waals surface area contributed by atoms with Crippen molar-refractivity contribution < 1.29 is 4.42 Å². The Morgan fingerprint density at radius 1 is 1.65 bits per heavy atom. The second kappa shape index (κ2) is 6.45. The molecule has 1 aromatic rings. The zero-order valence-corrected chi connectivity index (χ0v) is 11.6. The van der Waals surface area contributed by atoms with Crippen LogP contribution in [0.1, 0.15) is 31.4 Å². The van der Waals surface area contributed by atoms with Gasteiger partial charge in [0.25, 0.3) is 0 Å². The van der Waals surface area contributed by atoms with E-state index < -0.39 is 0 Å². The smallest absolute Gasteiger partial charge is 0.194 e. The molecule has 2 unspecified atom stereocenters. The minimum absolute atomic E-state index is 0.457. The number of oxazole rings is 1. The molecule has 0 bridgehead atoms. The number of nitrogens with one attached hydrogen (secondary N) is 1. The monoisotopic (exact) mass is 254 g/mol. The van der Waals surface area contributed by atoms with E-state index in [9.17, 15) is 0 Å². The van der Waals surface area contributed by atoms with Gasteiger partial charge in [0.05, 0.1) is 5.69 Å². The van der Waals surface area contributed by atoms with Crippen molar-refractivity contribution in [2.75, 3.05) is 18.6 Å². The highest BCUT2D eigenvalue weighted by atomic mass is 32.2. The summed E-state index contributed by atoms with van der Waals surface area (Å²) < 4.78 is 5.56. The highest BCUT2D eigenvalue weighted by molar-refractivity contribution is 7.99. The van der Waals surface area contributed by atoms with Crippen LogP contribution in [0.5, 0.6) is 0 Å². The zero-order chi connectivity index (χ0) is 12.1. The van der Waals surface area contributed by atoms with Crippen LogP contribution in [0.25, 0.3) is 0 Å². The molecular weight excluding hydrogens is 232 g/mol. The van der Waals surface area contributed by atoms with Gasteiger partial charge in [0.2, 0.25) is 0 Å². The van der Waals surface area contributed by atoms with Crippen molar-refractivity contribution in [1.29, 1.82) is 0 Å². The van der Waals surface area contributed by atoms with Crippen molar-refractivity contribution in [1.82, 2.24) is 10.3 Å². The van der Waals surface area contributed by atoms with Gasteiger partial charge >= 0.3 is 0 Å². The summed E-state index contributed by atoms with van der Waals surface area (Å²) in [6, 6.07) is 0.457. The fourth-order valence-corrected chi connectivity index (χ4v) is 3.32. The molecule has 0 spiro atoms. The molecule has 4 heteroatoms. The van der Waals surface area contributed by atoms with Gasteiger partial charge in [-0.15, -0.1) is 0 Å². The average molecular weight is 254 g/mol. The minimum Gasteiger partial charge on any atom is -0.449 e. The molecule has 0 radical (unpaired) electrons. The SMILES string of the molecule is CNC(C)Cc1coc(CC2CCCSC2)n1. The normalized spacial score (nSPS) is 22.6. The van der Waals surface area contributed by atoms with Gasteiger partial charge in [0, 0.05) is 18.9 Å². The lowest BCUT2D eigenvalue weighted by Gasteiger charge is -2.19. The molecule has 3 nitrogen and oxygen atoms in total. The number of thioether (sulfide) groups is 1. The summed E-state index contributed by atoms with van der Waals surface area (Å²) in [6.07, 6.45) is 6.46. The van der Waals surface area contributed by atoms with Crippen LogP contribution >= 0.6 is 11.8 Å². The molecule has 0 aromatic carbocycles. The molecule has 2 rings (SSSR count). The van der Waals surface area contributed by atoms with Gasteiger partial charge in [-0.2, -0.15) is 11.8 Å². The molecule has 17 heavy (non-hydrogen) atoms. The van der Waals surface area contributed by atoms with Crippen LogP contribution in [0, 0.1) is 5.92 Å². The Bertz CT molecular complexity index is 334. The van der Waals surface area contributed by atoms with Crippen LogP contribution in [0.4, 0.5) is 0 Å². The Hall–Kier alpha value is -0.480. The third kappa shape index (κ3) is 4.03. The molecule has 1 fully saturated rings. The molecule has 1 saturated heterocycles. The van der Waals surface area contributed by atoms with Crippen LogP contribution < -0.4 is 5.32 Å². The predicted octanol–water partition coefficient (Wildman–Crippen LogP) is 2.51. The summed E-state index contributed by atoms with van der Waals surface area (Å²) in [5.74, 6) is 4.29. The topological polar surface area (TPSA) is 38.1 Å². The lowest BCUT2D eigenvalue weighted by atomic mass is 10.0. The van der Waals surface area contributed by atoms with Gasteiger partial charge in [0.1, 0.15) is 6.26 Å². The number of aromatic nitrogens is 1. The van der Waals surface area contributed by atoms with Crippen LogP contribution in [-0.4, -0.2) is 29.6 Å². The molecule has 1 aliphatic heterocycles. The first-order valence-electron chi connectivity index (χ1n) is 6.46. The molecule has 2 heterocycles. The molecule has 0 amide bonds. The zero-order valence-electron chi connectivity index (χ0n) is 10.7. The third-order valence-corrected chi connectivity index (χ3v) is 4.61. The van der Waals surface area contributed by atoms with E-state index in [4.69, 9.17) is 4.42 Å². The average Bonchev–Trinajstić information content (AvgIpc) is 2.77. The quantitative estimate of drug-likeness (QED) is 0.876. The number of likely N-dealkylation sites (N-methyl/N-ethyl adjacent to an activating group) is 1. The number of hydrogen-bond donors (Lipinski definition) is 1. The van der Waals surface area contributed by atoms with E-state index in [0.717, 1.165) is 30.3 Å². The van der Waals surface area contributed by atoms with E-state index in [2.05, 4.69) is 29.0 Å². The van der Waals surface area contributed by atoms with Crippen molar-refractivity contribution in [3.8, 4) is 0 Å². The Balaban J connectivity index is 1.84. The van der Waals surface area contributed by atoms with E-state index >= 15 is 0 Å². The van der Waals surface area contributed by atoms with Gasteiger partial charge in [-0.05, 0) is 44.2 Å². The first-order chi connectivity index (χ1) is 8.28. The van der Waals surface area contributed by atoms with Crippen molar-refractivity contribution >= 4 is 11.8 Å². The largest absolute Gasteiger partial charge is 0.449 e. The van der Waals surface area contributed by atoms with E-state index in [1.54, 1.807) is 0 Å². The summed E-state index contributed by atoms with van der Waals surface area (Å²) in [4.78, 5) is 4.58. The highest BCUT2D eigenvalue weighted by Gasteiger charge is 2.17. The molecule has 1 aromatic heterocycles. The van der Waals surface area contributed by atoms with Crippen LogP contribution in [0.3, 0.4) is 0 Å². The molecule has 1 aliphatic rings. The van der Waals surface area contributed by atoms with Crippen LogP contribution in [0.2, 0.25) is 0 Å². The molecular formula is C13H22N2OS. The van der Waals surface area contributed by atoms with E-state index in [-0.39, 0.29) is 0 Å². The lowest BCUT2D eigenvalue weighted by Crippen LogP contribution is -2.23. The third-order valence-electron chi connectivity index (χ3n) is 3.33. The second-order valence-corrected chi connectivity index (χ2v) is 6.06. The summed E-state index contributed by atoms with van der Waals surface area (Å²) in [6.45, 7) is 2.16. The first-order valence-corrected chi connectivity index (χ1v) is 7.61. The van der Waals surface area contributed by atoms with Crippen molar-refractivity contribution in [3.05, 3.63) is 17.8 Å². The predicted molar refractivity (Wildman–Crippen MR) is 72.5 cm³/mol. The van der Waals surface area contributed by atoms with E-state index in [0.29, 0.717) is 6.04 Å². The number of hydrogen-bond acceptors (Lipinski definition) is 4. The standard InChI is InChI=1S/C13H22N2OS/c1-10(14-2)6-12-8-16-13(15-12)7-11-4-3-5-17-9-11/h8,10-11,14H,3-7,9H2,1-2H3. The maximum Gasteiger partial charge on any atom is 0.194 e. The Kier molecular flexibility index (Phi) is 4.92. The maximum absolute atomic E-state index is 5.56. The van der Waals surface area contributed by atoms with Crippen molar-refractivity contribution in [3.63, 3.8) is 0 Å². The molecule has 0 saturated carbocycles. The van der Waals surface area contributed by atoms with E-state index in [1.807, 2.05) is 13.3 Å². The van der Waals surface area contributed by atoms with Gasteiger partial charge in [0.15, 0.2) is 5.89 Å². The van der Waals surface area contributed by atoms with Gasteiger partial charge in [-0.25, -0.2) is 4.98 Å².